The lowest BCUT2D eigenvalue weighted by atomic mass is 10.0. The van der Waals surface area contributed by atoms with Gasteiger partial charge < -0.3 is 9.73 Å². The number of rotatable bonds is 3. The summed E-state index contributed by atoms with van der Waals surface area (Å²) in [6.45, 7) is 0. The molecule has 0 fully saturated rings. The summed E-state index contributed by atoms with van der Waals surface area (Å²) in [5.74, 6) is 0.246. The average Bonchev–Trinajstić information content (AvgIpc) is 2.70. The Morgan fingerprint density at radius 1 is 1.35 bits per heavy atom. The predicted octanol–water partition coefficient (Wildman–Crippen LogP) is 4.14. The van der Waals surface area contributed by atoms with E-state index in [9.17, 15) is 4.39 Å². The molecule has 17 heavy (non-hydrogen) atoms. The van der Waals surface area contributed by atoms with Crippen LogP contribution in [-0.2, 0) is 0 Å². The van der Waals surface area contributed by atoms with Gasteiger partial charge in [-0.05, 0) is 47.2 Å². The number of hydrogen-bond acceptors (Lipinski definition) is 2. The van der Waals surface area contributed by atoms with E-state index in [4.69, 9.17) is 16.0 Å². The van der Waals surface area contributed by atoms with Gasteiger partial charge in [-0.1, -0.05) is 17.7 Å². The van der Waals surface area contributed by atoms with E-state index in [-0.39, 0.29) is 5.82 Å². The fraction of sp³-hybridized carbons (Fsp3) is 0.167. The number of nitrogens with one attached hydrogen (secondary N) is 1. The minimum atomic E-state index is -0.407. The number of hydrogen-bond donors (Lipinski definition) is 1. The Labute approximate surface area is 112 Å². The largest absolute Gasteiger partial charge is 0.452 e. The Balaban J connectivity index is 2.49. The van der Waals surface area contributed by atoms with Crippen LogP contribution in [0.15, 0.2) is 39.4 Å². The molecule has 0 aliphatic rings. The maximum Gasteiger partial charge on any atom is 0.169 e. The SMILES string of the molecule is CNC(c1ccc(Br)o1)c1c(F)cccc1Cl. The molecular formula is C12H10BrClFNO. The Morgan fingerprint density at radius 3 is 2.65 bits per heavy atom. The highest BCUT2D eigenvalue weighted by atomic mass is 79.9. The van der Waals surface area contributed by atoms with Gasteiger partial charge in [-0.3, -0.25) is 0 Å². The maximum absolute atomic E-state index is 13.8. The second-order valence-corrected chi connectivity index (χ2v) is 4.69. The van der Waals surface area contributed by atoms with Crippen LogP contribution < -0.4 is 5.32 Å². The number of benzene rings is 1. The summed E-state index contributed by atoms with van der Waals surface area (Å²) in [7, 11) is 1.73. The van der Waals surface area contributed by atoms with Crippen LogP contribution in [0.1, 0.15) is 17.4 Å². The van der Waals surface area contributed by atoms with E-state index in [0.717, 1.165) is 0 Å². The third-order valence-corrected chi connectivity index (χ3v) is 3.21. The van der Waals surface area contributed by atoms with Crippen molar-refractivity contribution in [2.45, 2.75) is 6.04 Å². The fourth-order valence-electron chi connectivity index (χ4n) is 1.70. The Hall–Kier alpha value is -0.840. The molecule has 0 bridgehead atoms. The zero-order chi connectivity index (χ0) is 12.4. The molecule has 0 saturated heterocycles. The van der Waals surface area contributed by atoms with Crippen LogP contribution in [0.25, 0.3) is 0 Å². The second-order valence-electron chi connectivity index (χ2n) is 3.50. The molecule has 1 heterocycles. The lowest BCUT2D eigenvalue weighted by Crippen LogP contribution is -2.18. The smallest absolute Gasteiger partial charge is 0.169 e. The summed E-state index contributed by atoms with van der Waals surface area (Å²) < 4.78 is 19.8. The van der Waals surface area contributed by atoms with Crippen LogP contribution >= 0.6 is 27.5 Å². The van der Waals surface area contributed by atoms with Crippen molar-refractivity contribution in [1.82, 2.24) is 5.32 Å². The molecular weight excluding hydrogens is 308 g/mol. The first kappa shape index (κ1) is 12.6. The van der Waals surface area contributed by atoms with E-state index in [1.807, 2.05) is 0 Å². The third kappa shape index (κ3) is 2.54. The van der Waals surface area contributed by atoms with Crippen LogP contribution in [0.4, 0.5) is 4.39 Å². The first-order valence-electron chi connectivity index (χ1n) is 5.00. The van der Waals surface area contributed by atoms with Gasteiger partial charge in [-0.15, -0.1) is 0 Å². The second kappa shape index (κ2) is 5.21. The summed E-state index contributed by atoms with van der Waals surface area (Å²) >= 11 is 9.24. The van der Waals surface area contributed by atoms with Gasteiger partial charge in [0.25, 0.3) is 0 Å². The molecule has 0 saturated carbocycles. The highest BCUT2D eigenvalue weighted by Gasteiger charge is 2.22. The normalized spacial score (nSPS) is 12.7. The summed E-state index contributed by atoms with van der Waals surface area (Å²) in [5.41, 5.74) is 0.388. The standard InChI is InChI=1S/C12H10BrClFNO/c1-16-12(9-5-6-10(13)17-9)11-7(14)3-2-4-8(11)15/h2-6,12,16H,1H3. The molecule has 0 aliphatic carbocycles. The first-order valence-corrected chi connectivity index (χ1v) is 6.17. The van der Waals surface area contributed by atoms with Crippen molar-refractivity contribution >= 4 is 27.5 Å². The van der Waals surface area contributed by atoms with Crippen molar-refractivity contribution in [2.75, 3.05) is 7.05 Å². The molecule has 1 aromatic carbocycles. The van der Waals surface area contributed by atoms with Crippen LogP contribution in [0.3, 0.4) is 0 Å². The predicted molar refractivity (Wildman–Crippen MR) is 68.7 cm³/mol. The maximum atomic E-state index is 13.8. The molecule has 0 radical (unpaired) electrons. The minimum Gasteiger partial charge on any atom is -0.452 e. The van der Waals surface area contributed by atoms with E-state index < -0.39 is 6.04 Å². The van der Waals surface area contributed by atoms with E-state index in [1.165, 1.54) is 6.07 Å². The van der Waals surface area contributed by atoms with Gasteiger partial charge in [-0.2, -0.15) is 0 Å². The molecule has 1 aromatic heterocycles. The van der Waals surface area contributed by atoms with Gasteiger partial charge in [0.15, 0.2) is 4.67 Å². The van der Waals surface area contributed by atoms with Crippen LogP contribution in [-0.4, -0.2) is 7.05 Å². The highest BCUT2D eigenvalue weighted by molar-refractivity contribution is 9.10. The average molecular weight is 319 g/mol. The molecule has 1 unspecified atom stereocenters. The van der Waals surface area contributed by atoms with Gasteiger partial charge >= 0.3 is 0 Å². The van der Waals surface area contributed by atoms with Gasteiger partial charge in [0.1, 0.15) is 11.6 Å². The van der Waals surface area contributed by atoms with Crippen molar-refractivity contribution in [1.29, 1.82) is 0 Å². The topological polar surface area (TPSA) is 25.2 Å². The van der Waals surface area contributed by atoms with E-state index >= 15 is 0 Å². The quantitative estimate of drug-likeness (QED) is 0.920. The number of furan rings is 1. The van der Waals surface area contributed by atoms with Gasteiger partial charge in [0.2, 0.25) is 0 Å². The van der Waals surface area contributed by atoms with Gasteiger partial charge in [-0.25, -0.2) is 4.39 Å². The highest BCUT2D eigenvalue weighted by Crippen LogP contribution is 2.32. The van der Waals surface area contributed by atoms with Crippen molar-refractivity contribution in [3.05, 3.63) is 57.2 Å². The Kier molecular flexibility index (Phi) is 3.86. The molecule has 0 aliphatic heterocycles. The monoisotopic (exact) mass is 317 g/mol. The zero-order valence-corrected chi connectivity index (χ0v) is 11.3. The minimum absolute atomic E-state index is 0.357. The molecule has 2 rings (SSSR count). The summed E-state index contributed by atoms with van der Waals surface area (Å²) in [4.78, 5) is 0. The number of halogens is 3. The molecule has 90 valence electrons. The third-order valence-electron chi connectivity index (χ3n) is 2.46. The Morgan fingerprint density at radius 2 is 2.12 bits per heavy atom. The molecule has 2 nitrogen and oxygen atoms in total. The molecule has 1 atom stereocenters. The van der Waals surface area contributed by atoms with E-state index in [2.05, 4.69) is 21.2 Å². The molecule has 2 aromatic rings. The van der Waals surface area contributed by atoms with E-state index in [1.54, 1.807) is 31.3 Å². The van der Waals surface area contributed by atoms with Gasteiger partial charge in [0.05, 0.1) is 6.04 Å². The summed E-state index contributed by atoms with van der Waals surface area (Å²) in [6.07, 6.45) is 0. The van der Waals surface area contributed by atoms with Crippen molar-refractivity contribution < 1.29 is 8.81 Å². The molecule has 5 heteroatoms. The van der Waals surface area contributed by atoms with Crippen molar-refractivity contribution in [2.24, 2.45) is 0 Å². The van der Waals surface area contributed by atoms with E-state index in [0.29, 0.717) is 21.0 Å². The van der Waals surface area contributed by atoms with Crippen LogP contribution in [0.2, 0.25) is 5.02 Å². The van der Waals surface area contributed by atoms with Crippen molar-refractivity contribution in [3.63, 3.8) is 0 Å². The summed E-state index contributed by atoms with van der Waals surface area (Å²) in [5, 5.41) is 3.36. The molecule has 1 N–H and O–H groups in total. The lowest BCUT2D eigenvalue weighted by Gasteiger charge is -2.16. The Bertz CT molecular complexity index is 509. The molecule has 0 amide bonds. The summed E-state index contributed by atoms with van der Waals surface area (Å²) in [6, 6.07) is 7.73. The fourth-order valence-corrected chi connectivity index (χ4v) is 2.29. The molecule has 0 spiro atoms. The van der Waals surface area contributed by atoms with Crippen LogP contribution in [0.5, 0.6) is 0 Å². The zero-order valence-electron chi connectivity index (χ0n) is 9.01. The van der Waals surface area contributed by atoms with Crippen molar-refractivity contribution in [3.8, 4) is 0 Å². The first-order chi connectivity index (χ1) is 8.13. The lowest BCUT2D eigenvalue weighted by molar-refractivity contribution is 0.438. The van der Waals surface area contributed by atoms with Gasteiger partial charge in [0, 0.05) is 10.6 Å². The van der Waals surface area contributed by atoms with Crippen LogP contribution in [0, 0.1) is 5.82 Å².